The molecule has 1 fully saturated rings. The predicted molar refractivity (Wildman–Crippen MR) is 75.0 cm³/mol. The Morgan fingerprint density at radius 3 is 2.67 bits per heavy atom. The van der Waals surface area contributed by atoms with Crippen LogP contribution in [0.3, 0.4) is 0 Å². The van der Waals surface area contributed by atoms with E-state index < -0.39 is 6.10 Å². The zero-order chi connectivity index (χ0) is 13.2. The summed E-state index contributed by atoms with van der Waals surface area (Å²) in [4.78, 5) is 0. The van der Waals surface area contributed by atoms with Crippen LogP contribution in [0, 0.1) is 11.2 Å². The molecule has 1 nitrogen and oxygen atoms in total. The zero-order valence-electron chi connectivity index (χ0n) is 10.8. The average molecular weight is 315 g/mol. The van der Waals surface area contributed by atoms with Crippen molar-refractivity contribution >= 4 is 15.9 Å². The highest BCUT2D eigenvalue weighted by Gasteiger charge is 2.34. The van der Waals surface area contributed by atoms with E-state index >= 15 is 0 Å². The summed E-state index contributed by atoms with van der Waals surface area (Å²) in [7, 11) is 0. The van der Waals surface area contributed by atoms with E-state index in [1.54, 1.807) is 6.07 Å². The molecule has 1 atom stereocenters. The van der Waals surface area contributed by atoms with Gasteiger partial charge in [-0.05, 0) is 45.8 Å². The first-order valence-electron chi connectivity index (χ1n) is 6.64. The molecule has 100 valence electrons. The van der Waals surface area contributed by atoms with Gasteiger partial charge in [0.05, 0.1) is 10.6 Å². The van der Waals surface area contributed by atoms with Gasteiger partial charge in [-0.3, -0.25) is 0 Å². The summed E-state index contributed by atoms with van der Waals surface area (Å²) in [6, 6.07) is 5.01. The monoisotopic (exact) mass is 314 g/mol. The highest BCUT2D eigenvalue weighted by Crippen LogP contribution is 2.40. The van der Waals surface area contributed by atoms with Gasteiger partial charge < -0.3 is 5.11 Å². The minimum Gasteiger partial charge on any atom is -0.392 e. The van der Waals surface area contributed by atoms with Crippen molar-refractivity contribution in [2.45, 2.75) is 51.6 Å². The van der Waals surface area contributed by atoms with E-state index in [-0.39, 0.29) is 11.2 Å². The summed E-state index contributed by atoms with van der Waals surface area (Å²) in [5.41, 5.74) is 0.846. The summed E-state index contributed by atoms with van der Waals surface area (Å²) < 4.78 is 13.9. The van der Waals surface area contributed by atoms with Gasteiger partial charge in [-0.2, -0.15) is 0 Å². The molecule has 0 aliphatic heterocycles. The van der Waals surface area contributed by atoms with E-state index in [9.17, 15) is 9.50 Å². The van der Waals surface area contributed by atoms with Crippen LogP contribution in [0.25, 0.3) is 0 Å². The first-order chi connectivity index (χ1) is 8.53. The van der Waals surface area contributed by atoms with Gasteiger partial charge in [-0.25, -0.2) is 4.39 Å². The Morgan fingerprint density at radius 2 is 2.00 bits per heavy atom. The standard InChI is InChI=1S/C15H20BrFO/c1-15(8-3-2-4-9-15)13(18)10-11-6-5-7-12(17)14(11)16/h5-7,13,18H,2-4,8-10H2,1H3. The number of aliphatic hydroxyl groups is 1. The minimum absolute atomic E-state index is 0.00991. The maximum atomic E-state index is 13.4. The van der Waals surface area contributed by atoms with Gasteiger partial charge in [0, 0.05) is 6.42 Å². The molecular weight excluding hydrogens is 295 g/mol. The topological polar surface area (TPSA) is 20.2 Å². The second-order valence-corrected chi connectivity index (χ2v) is 6.44. The fourth-order valence-electron chi connectivity index (χ4n) is 2.85. The normalized spacial score (nSPS) is 20.7. The second-order valence-electron chi connectivity index (χ2n) is 5.65. The molecule has 18 heavy (non-hydrogen) atoms. The molecule has 0 bridgehead atoms. The van der Waals surface area contributed by atoms with Crippen molar-refractivity contribution in [3.05, 3.63) is 34.1 Å². The number of aliphatic hydroxyl groups excluding tert-OH is 1. The Labute approximate surface area is 117 Å². The van der Waals surface area contributed by atoms with Crippen LogP contribution in [-0.4, -0.2) is 11.2 Å². The molecule has 1 N–H and O–H groups in total. The van der Waals surface area contributed by atoms with Gasteiger partial charge in [-0.15, -0.1) is 0 Å². The first-order valence-corrected chi connectivity index (χ1v) is 7.43. The summed E-state index contributed by atoms with van der Waals surface area (Å²) in [6.45, 7) is 2.16. The number of hydrogen-bond acceptors (Lipinski definition) is 1. The summed E-state index contributed by atoms with van der Waals surface area (Å²) >= 11 is 3.26. The lowest BCUT2D eigenvalue weighted by Gasteiger charge is -2.38. The van der Waals surface area contributed by atoms with Gasteiger partial charge in [0.25, 0.3) is 0 Å². The Balaban J connectivity index is 2.10. The summed E-state index contributed by atoms with van der Waals surface area (Å²) in [5, 5.41) is 10.5. The van der Waals surface area contributed by atoms with Crippen molar-refractivity contribution in [1.29, 1.82) is 0 Å². The van der Waals surface area contributed by atoms with Gasteiger partial charge in [-0.1, -0.05) is 38.3 Å². The summed E-state index contributed by atoms with van der Waals surface area (Å²) in [6.07, 6.45) is 5.93. The molecule has 0 heterocycles. The van der Waals surface area contributed by atoms with Crippen molar-refractivity contribution in [1.82, 2.24) is 0 Å². The van der Waals surface area contributed by atoms with Gasteiger partial charge in [0.2, 0.25) is 0 Å². The largest absolute Gasteiger partial charge is 0.392 e. The SMILES string of the molecule is CC1(C(O)Cc2cccc(F)c2Br)CCCCC1. The maximum Gasteiger partial charge on any atom is 0.137 e. The van der Waals surface area contributed by atoms with E-state index in [1.807, 2.05) is 6.07 Å². The number of benzene rings is 1. The fourth-order valence-corrected chi connectivity index (χ4v) is 3.28. The lowest BCUT2D eigenvalue weighted by atomic mass is 9.70. The third-order valence-electron chi connectivity index (χ3n) is 4.25. The van der Waals surface area contributed by atoms with Crippen molar-refractivity contribution in [2.24, 2.45) is 5.41 Å². The Hall–Kier alpha value is -0.410. The molecule has 0 radical (unpaired) electrons. The molecule has 0 amide bonds. The molecular formula is C15H20BrFO. The van der Waals surface area contributed by atoms with Crippen LogP contribution in [0.1, 0.15) is 44.6 Å². The molecule has 2 rings (SSSR count). The lowest BCUT2D eigenvalue weighted by molar-refractivity contribution is 0.0103. The molecule has 0 aromatic heterocycles. The predicted octanol–water partition coefficient (Wildman–Crippen LogP) is 4.46. The molecule has 1 aromatic carbocycles. The van der Waals surface area contributed by atoms with Crippen molar-refractivity contribution < 1.29 is 9.50 Å². The van der Waals surface area contributed by atoms with E-state index in [0.717, 1.165) is 18.4 Å². The van der Waals surface area contributed by atoms with Crippen LogP contribution in [-0.2, 0) is 6.42 Å². The number of rotatable bonds is 3. The molecule has 3 heteroatoms. The molecule has 1 aromatic rings. The smallest absolute Gasteiger partial charge is 0.137 e. The highest BCUT2D eigenvalue weighted by atomic mass is 79.9. The fraction of sp³-hybridized carbons (Fsp3) is 0.600. The molecule has 0 spiro atoms. The van der Waals surface area contributed by atoms with Crippen LogP contribution in [0.4, 0.5) is 4.39 Å². The molecule has 1 unspecified atom stereocenters. The van der Waals surface area contributed by atoms with Gasteiger partial charge >= 0.3 is 0 Å². The Morgan fingerprint density at radius 1 is 1.33 bits per heavy atom. The minimum atomic E-state index is -0.393. The third kappa shape index (κ3) is 2.94. The van der Waals surface area contributed by atoms with Crippen LogP contribution < -0.4 is 0 Å². The zero-order valence-corrected chi connectivity index (χ0v) is 12.3. The quantitative estimate of drug-likeness (QED) is 0.873. The van der Waals surface area contributed by atoms with Crippen molar-refractivity contribution in [3.8, 4) is 0 Å². The number of hydrogen-bond donors (Lipinski definition) is 1. The highest BCUT2D eigenvalue weighted by molar-refractivity contribution is 9.10. The van der Waals surface area contributed by atoms with Crippen LogP contribution in [0.15, 0.2) is 22.7 Å². The van der Waals surface area contributed by atoms with Gasteiger partial charge in [0.1, 0.15) is 5.82 Å². The Bertz CT molecular complexity index is 413. The van der Waals surface area contributed by atoms with E-state index in [0.29, 0.717) is 10.9 Å². The second kappa shape index (κ2) is 5.70. The van der Waals surface area contributed by atoms with Gasteiger partial charge in [0.15, 0.2) is 0 Å². The van der Waals surface area contributed by atoms with Crippen molar-refractivity contribution in [3.63, 3.8) is 0 Å². The molecule has 0 saturated heterocycles. The third-order valence-corrected chi connectivity index (χ3v) is 5.13. The van der Waals surface area contributed by atoms with Crippen LogP contribution >= 0.6 is 15.9 Å². The van der Waals surface area contributed by atoms with Crippen LogP contribution in [0.5, 0.6) is 0 Å². The van der Waals surface area contributed by atoms with E-state index in [1.165, 1.54) is 25.3 Å². The molecule has 1 saturated carbocycles. The molecule has 1 aliphatic rings. The van der Waals surface area contributed by atoms with E-state index in [2.05, 4.69) is 22.9 Å². The lowest BCUT2D eigenvalue weighted by Crippen LogP contribution is -2.36. The van der Waals surface area contributed by atoms with Crippen molar-refractivity contribution in [2.75, 3.05) is 0 Å². The Kier molecular flexibility index (Phi) is 4.44. The number of halogens is 2. The first kappa shape index (κ1) is 14.0. The average Bonchev–Trinajstić information content (AvgIpc) is 2.36. The summed E-state index contributed by atoms with van der Waals surface area (Å²) in [5.74, 6) is -0.256. The molecule has 1 aliphatic carbocycles. The maximum absolute atomic E-state index is 13.4. The van der Waals surface area contributed by atoms with Crippen LogP contribution in [0.2, 0.25) is 0 Å². The van der Waals surface area contributed by atoms with E-state index in [4.69, 9.17) is 0 Å².